The number of hydrogen-bond acceptors (Lipinski definition) is 5. The highest BCUT2D eigenvalue weighted by molar-refractivity contribution is 6.04. The Kier molecular flexibility index (Phi) is 4.97. The number of anilines is 1. The molecule has 4 heterocycles. The molecule has 0 saturated heterocycles. The van der Waals surface area contributed by atoms with Crippen molar-refractivity contribution in [3.05, 3.63) is 71.3 Å². The fraction of sp³-hybridized carbons (Fsp3) is 0.320. The first-order valence-electron chi connectivity index (χ1n) is 11.6. The third kappa shape index (κ3) is 3.76. The van der Waals surface area contributed by atoms with Crippen molar-refractivity contribution in [3.8, 4) is 17.2 Å². The lowest BCUT2D eigenvalue weighted by atomic mass is 10.1. The molecule has 0 spiro atoms. The van der Waals surface area contributed by atoms with Gasteiger partial charge in [0.2, 0.25) is 0 Å². The van der Waals surface area contributed by atoms with Crippen LogP contribution in [0.15, 0.2) is 42.9 Å². The summed E-state index contributed by atoms with van der Waals surface area (Å²) in [5.74, 6) is 1.34. The Morgan fingerprint density at radius 2 is 2.06 bits per heavy atom. The molecule has 9 heteroatoms. The van der Waals surface area contributed by atoms with E-state index in [2.05, 4.69) is 30.0 Å². The summed E-state index contributed by atoms with van der Waals surface area (Å²) < 4.78 is 18.7. The van der Waals surface area contributed by atoms with E-state index >= 15 is 0 Å². The molecule has 6 rings (SSSR count). The zero-order valence-electron chi connectivity index (χ0n) is 18.8. The van der Waals surface area contributed by atoms with Crippen LogP contribution in [-0.4, -0.2) is 35.2 Å². The standard InChI is InChI=1S/C25H24FN7O/c1-15-11-18(26)17(12-21(15)32-13-20(27-14-32)16-8-9-16)25(34)29-22-6-4-5-19(28-22)24-31-30-23-7-2-3-10-33(23)24/h4-6,11-14,16H,2-3,7-10H2,1H3,(H,28,29,34). The lowest BCUT2D eigenvalue weighted by molar-refractivity contribution is 0.102. The zero-order valence-corrected chi connectivity index (χ0v) is 18.8. The van der Waals surface area contributed by atoms with Crippen LogP contribution in [-0.2, 0) is 13.0 Å². The van der Waals surface area contributed by atoms with E-state index in [-0.39, 0.29) is 5.56 Å². The summed E-state index contributed by atoms with van der Waals surface area (Å²) >= 11 is 0. The van der Waals surface area contributed by atoms with Gasteiger partial charge in [-0.05, 0) is 62.4 Å². The SMILES string of the molecule is Cc1cc(F)c(C(=O)Nc2cccc(-c3nnc4n3CCCC4)n2)cc1-n1cnc(C2CC2)c1. The van der Waals surface area contributed by atoms with E-state index in [0.29, 0.717) is 23.3 Å². The number of halogens is 1. The van der Waals surface area contributed by atoms with Crippen molar-refractivity contribution < 1.29 is 9.18 Å². The molecule has 1 amide bonds. The molecule has 34 heavy (non-hydrogen) atoms. The molecule has 172 valence electrons. The highest BCUT2D eigenvalue weighted by Crippen LogP contribution is 2.39. The summed E-state index contributed by atoms with van der Waals surface area (Å²) in [5.41, 5.74) is 3.06. The van der Waals surface area contributed by atoms with Crippen LogP contribution in [0.25, 0.3) is 17.2 Å². The van der Waals surface area contributed by atoms with Gasteiger partial charge >= 0.3 is 0 Å². The number of carbonyl (C=O) groups excluding carboxylic acids is 1. The van der Waals surface area contributed by atoms with Crippen LogP contribution in [0.5, 0.6) is 0 Å². The Morgan fingerprint density at radius 3 is 2.91 bits per heavy atom. The number of pyridine rings is 1. The highest BCUT2D eigenvalue weighted by Gasteiger charge is 2.26. The minimum Gasteiger partial charge on any atom is -0.310 e. The molecule has 1 aliphatic heterocycles. The van der Waals surface area contributed by atoms with Gasteiger partial charge in [-0.3, -0.25) is 4.79 Å². The third-order valence-corrected chi connectivity index (χ3v) is 6.49. The molecular formula is C25H24FN7O. The Labute approximate surface area is 195 Å². The third-order valence-electron chi connectivity index (χ3n) is 6.49. The zero-order chi connectivity index (χ0) is 23.2. The number of hydrogen-bond donors (Lipinski definition) is 1. The number of aromatic nitrogens is 6. The van der Waals surface area contributed by atoms with E-state index in [1.165, 1.54) is 6.07 Å². The second-order valence-electron chi connectivity index (χ2n) is 9.01. The Hall–Kier alpha value is -3.88. The number of imidazole rings is 1. The first-order valence-corrected chi connectivity index (χ1v) is 11.6. The highest BCUT2D eigenvalue weighted by atomic mass is 19.1. The number of rotatable bonds is 5. The van der Waals surface area contributed by atoms with E-state index in [4.69, 9.17) is 0 Å². The summed E-state index contributed by atoms with van der Waals surface area (Å²) in [6, 6.07) is 8.26. The van der Waals surface area contributed by atoms with Crippen molar-refractivity contribution in [2.75, 3.05) is 5.32 Å². The number of fused-ring (bicyclic) bond motifs is 1. The van der Waals surface area contributed by atoms with E-state index in [9.17, 15) is 9.18 Å². The molecule has 8 nitrogen and oxygen atoms in total. The molecule has 1 saturated carbocycles. The quantitative estimate of drug-likeness (QED) is 0.479. The molecule has 4 aromatic rings. The first kappa shape index (κ1) is 20.7. The second-order valence-corrected chi connectivity index (χ2v) is 9.01. The molecule has 1 fully saturated rings. The van der Waals surface area contributed by atoms with Gasteiger partial charge in [0.1, 0.15) is 23.2 Å². The number of nitrogens with zero attached hydrogens (tertiary/aromatic N) is 6. The van der Waals surface area contributed by atoms with E-state index in [1.54, 1.807) is 24.5 Å². The van der Waals surface area contributed by atoms with Gasteiger partial charge in [0.25, 0.3) is 5.91 Å². The normalized spacial score (nSPS) is 15.2. The summed E-state index contributed by atoms with van der Waals surface area (Å²) in [5, 5.41) is 11.3. The van der Waals surface area contributed by atoms with Crippen LogP contribution in [0.4, 0.5) is 10.2 Å². The number of amides is 1. The number of benzene rings is 1. The fourth-order valence-corrected chi connectivity index (χ4v) is 4.48. The van der Waals surface area contributed by atoms with Crippen molar-refractivity contribution >= 4 is 11.7 Å². The Bertz CT molecular complexity index is 1400. The molecule has 0 unspecified atom stereocenters. The van der Waals surface area contributed by atoms with Gasteiger partial charge in [-0.2, -0.15) is 0 Å². The number of carbonyl (C=O) groups is 1. The lowest BCUT2D eigenvalue weighted by Crippen LogP contribution is -2.16. The van der Waals surface area contributed by atoms with Crippen LogP contribution in [0.1, 0.15) is 59.0 Å². The van der Waals surface area contributed by atoms with Gasteiger partial charge in [0.05, 0.1) is 23.3 Å². The van der Waals surface area contributed by atoms with Gasteiger partial charge in [-0.1, -0.05) is 6.07 Å². The van der Waals surface area contributed by atoms with Crippen LogP contribution in [0.2, 0.25) is 0 Å². The maximum atomic E-state index is 14.8. The summed E-state index contributed by atoms with van der Waals surface area (Å²) in [4.78, 5) is 22.1. The van der Waals surface area contributed by atoms with E-state index < -0.39 is 11.7 Å². The number of aryl methyl sites for hydroxylation is 2. The number of nitrogens with one attached hydrogen (secondary N) is 1. The average molecular weight is 458 g/mol. The first-order chi connectivity index (χ1) is 16.6. The van der Waals surface area contributed by atoms with Gasteiger partial charge in [-0.25, -0.2) is 14.4 Å². The van der Waals surface area contributed by atoms with Gasteiger partial charge in [0.15, 0.2) is 5.82 Å². The molecule has 1 N–H and O–H groups in total. The fourth-order valence-electron chi connectivity index (χ4n) is 4.48. The molecule has 1 aliphatic carbocycles. The predicted octanol–water partition coefficient (Wildman–Crippen LogP) is 4.44. The van der Waals surface area contributed by atoms with Crippen LogP contribution >= 0.6 is 0 Å². The van der Waals surface area contributed by atoms with Crippen molar-refractivity contribution in [1.82, 2.24) is 29.3 Å². The van der Waals surface area contributed by atoms with Crippen molar-refractivity contribution in [1.29, 1.82) is 0 Å². The minimum absolute atomic E-state index is 0.0469. The van der Waals surface area contributed by atoms with Gasteiger partial charge < -0.3 is 14.5 Å². The monoisotopic (exact) mass is 457 g/mol. The molecule has 1 aromatic carbocycles. The largest absolute Gasteiger partial charge is 0.310 e. The van der Waals surface area contributed by atoms with E-state index in [0.717, 1.165) is 61.4 Å². The molecule has 2 aliphatic rings. The van der Waals surface area contributed by atoms with Crippen LogP contribution in [0, 0.1) is 12.7 Å². The Morgan fingerprint density at radius 1 is 1.18 bits per heavy atom. The smallest absolute Gasteiger partial charge is 0.259 e. The van der Waals surface area contributed by atoms with Crippen LogP contribution < -0.4 is 5.32 Å². The van der Waals surface area contributed by atoms with E-state index in [1.807, 2.05) is 23.8 Å². The van der Waals surface area contributed by atoms with Crippen molar-refractivity contribution in [2.24, 2.45) is 0 Å². The van der Waals surface area contributed by atoms with Crippen molar-refractivity contribution in [3.63, 3.8) is 0 Å². The predicted molar refractivity (Wildman–Crippen MR) is 124 cm³/mol. The minimum atomic E-state index is -0.580. The maximum Gasteiger partial charge on any atom is 0.259 e. The van der Waals surface area contributed by atoms with Crippen molar-refractivity contribution in [2.45, 2.75) is 51.5 Å². The van der Waals surface area contributed by atoms with Crippen LogP contribution in [0.3, 0.4) is 0 Å². The van der Waals surface area contributed by atoms with Gasteiger partial charge in [0, 0.05) is 25.1 Å². The average Bonchev–Trinajstić information content (AvgIpc) is 3.41. The summed E-state index contributed by atoms with van der Waals surface area (Å²) in [6.07, 6.45) is 9.06. The molecule has 0 radical (unpaired) electrons. The molecule has 3 aromatic heterocycles. The topological polar surface area (TPSA) is 90.5 Å². The van der Waals surface area contributed by atoms with Gasteiger partial charge in [-0.15, -0.1) is 10.2 Å². The molecule has 0 atom stereocenters. The summed E-state index contributed by atoms with van der Waals surface area (Å²) in [6.45, 7) is 2.67. The molecular weight excluding hydrogens is 433 g/mol. The Balaban J connectivity index is 1.27. The maximum absolute atomic E-state index is 14.8. The lowest BCUT2D eigenvalue weighted by Gasteiger charge is -2.15. The second kappa shape index (κ2) is 8.16. The summed E-state index contributed by atoms with van der Waals surface area (Å²) in [7, 11) is 0. The molecule has 0 bridgehead atoms.